The largest absolute Gasteiger partial charge is 0.338 e. The average molecular weight is 361 g/mol. The number of sulfonamides is 1. The predicted octanol–water partition coefficient (Wildman–Crippen LogP) is 1.89. The third kappa shape index (κ3) is 3.05. The van der Waals surface area contributed by atoms with E-state index in [-0.39, 0.29) is 10.8 Å². The summed E-state index contributed by atoms with van der Waals surface area (Å²) in [5.74, 6) is 0.336. The molecule has 1 amide bonds. The summed E-state index contributed by atoms with van der Waals surface area (Å²) < 4.78 is 23.6. The normalized spacial score (nSPS) is 19.4. The second-order valence-electron chi connectivity index (χ2n) is 5.30. The summed E-state index contributed by atoms with van der Waals surface area (Å²) in [7, 11) is -3.86. The fraction of sp³-hybridized carbons (Fsp3) is 0.462. The molecule has 0 aliphatic carbocycles. The molecule has 1 aliphatic rings. The van der Waals surface area contributed by atoms with E-state index in [0.717, 1.165) is 6.42 Å². The van der Waals surface area contributed by atoms with Crippen LogP contribution in [0.3, 0.4) is 0 Å². The van der Waals surface area contributed by atoms with Crippen molar-refractivity contribution in [1.82, 2.24) is 4.90 Å². The van der Waals surface area contributed by atoms with Gasteiger partial charge >= 0.3 is 0 Å². The molecule has 1 aromatic carbocycles. The molecule has 1 unspecified atom stereocenters. The van der Waals surface area contributed by atoms with Gasteiger partial charge in [-0.3, -0.25) is 4.79 Å². The monoisotopic (exact) mass is 360 g/mol. The minimum Gasteiger partial charge on any atom is -0.338 e. The van der Waals surface area contributed by atoms with Crippen LogP contribution in [0.1, 0.15) is 29.3 Å². The van der Waals surface area contributed by atoms with E-state index >= 15 is 0 Å². The average Bonchev–Trinajstić information content (AvgIpc) is 2.76. The summed E-state index contributed by atoms with van der Waals surface area (Å²) in [4.78, 5) is 14.1. The number of carbonyl (C=O) groups excluding carboxylic acids is 1. The molecule has 20 heavy (non-hydrogen) atoms. The van der Waals surface area contributed by atoms with Gasteiger partial charge in [0.05, 0.1) is 4.90 Å². The molecule has 5 nitrogen and oxygen atoms in total. The predicted molar refractivity (Wildman–Crippen MR) is 79.9 cm³/mol. The molecule has 0 bridgehead atoms. The van der Waals surface area contributed by atoms with Crippen LogP contribution in [0.4, 0.5) is 0 Å². The van der Waals surface area contributed by atoms with Gasteiger partial charge in [0, 0.05) is 23.1 Å². The van der Waals surface area contributed by atoms with E-state index < -0.39 is 10.0 Å². The first-order valence-electron chi connectivity index (χ1n) is 6.32. The Hall–Kier alpha value is -0.920. The zero-order chi connectivity index (χ0) is 15.1. The fourth-order valence-electron chi connectivity index (χ4n) is 2.37. The van der Waals surface area contributed by atoms with Crippen molar-refractivity contribution in [2.75, 3.05) is 13.1 Å². The molecule has 1 heterocycles. The number of nitrogens with two attached hydrogens (primary N) is 1. The lowest BCUT2D eigenvalue weighted by atomic mass is 10.1. The number of halogens is 1. The second kappa shape index (κ2) is 5.46. The van der Waals surface area contributed by atoms with Crippen LogP contribution in [0.5, 0.6) is 0 Å². The van der Waals surface area contributed by atoms with Crippen molar-refractivity contribution in [3.05, 3.63) is 27.7 Å². The highest BCUT2D eigenvalue weighted by Crippen LogP contribution is 2.28. The summed E-state index contributed by atoms with van der Waals surface area (Å²) in [6, 6.07) is 3.03. The van der Waals surface area contributed by atoms with Gasteiger partial charge in [0.25, 0.3) is 5.91 Å². The standard InChI is InChI=1S/C13H17BrN2O3S/c1-8-3-4-16(7-8)13(17)10-5-9(2)12(14)11(6-10)20(15,18)19/h5-6,8H,3-4,7H2,1-2H3,(H2,15,18,19). The van der Waals surface area contributed by atoms with E-state index in [1.807, 2.05) is 0 Å². The summed E-state index contributed by atoms with van der Waals surface area (Å²) in [5.41, 5.74) is 1.04. The molecule has 1 saturated heterocycles. The number of carbonyl (C=O) groups is 1. The van der Waals surface area contributed by atoms with E-state index in [2.05, 4.69) is 22.9 Å². The Morgan fingerprint density at radius 3 is 2.60 bits per heavy atom. The van der Waals surface area contributed by atoms with Crippen molar-refractivity contribution in [3.63, 3.8) is 0 Å². The lowest BCUT2D eigenvalue weighted by molar-refractivity contribution is 0.0787. The van der Waals surface area contributed by atoms with Crippen molar-refractivity contribution in [2.45, 2.75) is 25.2 Å². The first-order valence-corrected chi connectivity index (χ1v) is 8.66. The Balaban J connectivity index is 2.43. The van der Waals surface area contributed by atoms with E-state index in [4.69, 9.17) is 5.14 Å². The van der Waals surface area contributed by atoms with Crippen LogP contribution in [0.2, 0.25) is 0 Å². The second-order valence-corrected chi connectivity index (χ2v) is 7.62. The molecule has 2 rings (SSSR count). The molecular weight excluding hydrogens is 344 g/mol. The molecule has 0 spiro atoms. The zero-order valence-electron chi connectivity index (χ0n) is 11.4. The van der Waals surface area contributed by atoms with Gasteiger partial charge in [-0.25, -0.2) is 13.6 Å². The Labute approximate surface area is 127 Å². The van der Waals surface area contributed by atoms with E-state index in [0.29, 0.717) is 34.6 Å². The van der Waals surface area contributed by atoms with Gasteiger partial charge in [-0.2, -0.15) is 0 Å². The summed E-state index contributed by atoms with van der Waals surface area (Å²) >= 11 is 3.21. The van der Waals surface area contributed by atoms with Crippen LogP contribution in [0, 0.1) is 12.8 Å². The third-order valence-corrected chi connectivity index (χ3v) is 5.74. The molecule has 1 atom stereocenters. The van der Waals surface area contributed by atoms with Crippen LogP contribution < -0.4 is 5.14 Å². The first-order chi connectivity index (χ1) is 9.20. The summed E-state index contributed by atoms with van der Waals surface area (Å²) in [6.07, 6.45) is 0.975. The molecule has 1 aliphatic heterocycles. The number of rotatable bonds is 2. The maximum atomic E-state index is 12.4. The number of hydrogen-bond donors (Lipinski definition) is 1. The number of benzene rings is 1. The Kier molecular flexibility index (Phi) is 4.22. The Bertz CT molecular complexity index is 658. The van der Waals surface area contributed by atoms with Crippen molar-refractivity contribution in [3.8, 4) is 0 Å². The van der Waals surface area contributed by atoms with Gasteiger partial charge < -0.3 is 4.90 Å². The Morgan fingerprint density at radius 2 is 2.10 bits per heavy atom. The molecule has 110 valence electrons. The summed E-state index contributed by atoms with van der Waals surface area (Å²) in [6.45, 7) is 5.25. The van der Waals surface area contributed by atoms with E-state index in [1.165, 1.54) is 6.07 Å². The van der Waals surface area contributed by atoms with Crippen molar-refractivity contribution < 1.29 is 13.2 Å². The van der Waals surface area contributed by atoms with Crippen LogP contribution in [-0.2, 0) is 10.0 Å². The molecule has 0 radical (unpaired) electrons. The lowest BCUT2D eigenvalue weighted by Crippen LogP contribution is -2.29. The van der Waals surface area contributed by atoms with Gasteiger partial charge in [0.2, 0.25) is 10.0 Å². The number of hydrogen-bond acceptors (Lipinski definition) is 3. The maximum absolute atomic E-state index is 12.4. The quantitative estimate of drug-likeness (QED) is 0.874. The number of aryl methyl sites for hydroxylation is 1. The third-order valence-electron chi connectivity index (χ3n) is 3.49. The first kappa shape index (κ1) is 15.5. The zero-order valence-corrected chi connectivity index (χ0v) is 13.8. The van der Waals surface area contributed by atoms with Gasteiger partial charge in [-0.05, 0) is 52.9 Å². The smallest absolute Gasteiger partial charge is 0.253 e. The highest BCUT2D eigenvalue weighted by atomic mass is 79.9. The highest BCUT2D eigenvalue weighted by Gasteiger charge is 2.26. The highest BCUT2D eigenvalue weighted by molar-refractivity contribution is 9.10. The van der Waals surface area contributed by atoms with Crippen LogP contribution in [0.15, 0.2) is 21.5 Å². The van der Waals surface area contributed by atoms with E-state index in [1.54, 1.807) is 17.9 Å². The number of amides is 1. The van der Waals surface area contributed by atoms with E-state index in [9.17, 15) is 13.2 Å². The lowest BCUT2D eigenvalue weighted by Gasteiger charge is -2.17. The molecule has 0 saturated carbocycles. The molecule has 7 heteroatoms. The maximum Gasteiger partial charge on any atom is 0.253 e. The van der Waals surface area contributed by atoms with Crippen LogP contribution in [0.25, 0.3) is 0 Å². The topological polar surface area (TPSA) is 80.5 Å². The van der Waals surface area contributed by atoms with Gasteiger partial charge in [0.15, 0.2) is 0 Å². The number of primary sulfonamides is 1. The Morgan fingerprint density at radius 1 is 1.45 bits per heavy atom. The summed E-state index contributed by atoms with van der Waals surface area (Å²) in [5, 5.41) is 5.19. The van der Waals surface area contributed by atoms with Crippen molar-refractivity contribution >= 4 is 31.9 Å². The number of nitrogens with zero attached hydrogens (tertiary/aromatic N) is 1. The minimum atomic E-state index is -3.86. The SMILES string of the molecule is Cc1cc(C(=O)N2CCC(C)C2)cc(S(N)(=O)=O)c1Br. The van der Waals surface area contributed by atoms with Crippen molar-refractivity contribution in [2.24, 2.45) is 11.1 Å². The van der Waals surface area contributed by atoms with Gasteiger partial charge in [-0.1, -0.05) is 6.92 Å². The number of likely N-dealkylation sites (tertiary alicyclic amines) is 1. The molecule has 1 aromatic rings. The molecule has 0 aromatic heterocycles. The van der Waals surface area contributed by atoms with Gasteiger partial charge in [-0.15, -0.1) is 0 Å². The van der Waals surface area contributed by atoms with Crippen LogP contribution in [-0.4, -0.2) is 32.3 Å². The van der Waals surface area contributed by atoms with Gasteiger partial charge in [0.1, 0.15) is 0 Å². The molecular formula is C13H17BrN2O3S. The molecule has 1 fully saturated rings. The fourth-order valence-corrected chi connectivity index (χ4v) is 3.98. The van der Waals surface area contributed by atoms with Crippen LogP contribution >= 0.6 is 15.9 Å². The van der Waals surface area contributed by atoms with Crippen molar-refractivity contribution in [1.29, 1.82) is 0 Å². The minimum absolute atomic E-state index is 0.0481. The molecule has 2 N–H and O–H groups in total.